The number of nitrogens with one attached hydrogen (secondary N) is 1. The van der Waals surface area contributed by atoms with E-state index in [9.17, 15) is 9.18 Å². The molecule has 4 heteroatoms. The summed E-state index contributed by atoms with van der Waals surface area (Å²) < 4.78 is 12.6. The molecule has 16 heavy (non-hydrogen) atoms. The molecular formula is C12H14FNO2. The fraction of sp³-hybridized carbons (Fsp3) is 0.417. The lowest BCUT2D eigenvalue weighted by molar-refractivity contribution is -0.121. The first-order chi connectivity index (χ1) is 7.63. The van der Waals surface area contributed by atoms with Crippen LogP contribution in [-0.2, 0) is 11.2 Å². The van der Waals surface area contributed by atoms with Gasteiger partial charge in [-0.15, -0.1) is 0 Å². The SMILES string of the molecule is O=C(Cc1ccc(F)cc1)NC1(CO)CC1. The molecule has 0 atom stereocenters. The summed E-state index contributed by atoms with van der Waals surface area (Å²) in [6.45, 7) is -0.0117. The van der Waals surface area contributed by atoms with Gasteiger partial charge < -0.3 is 10.4 Å². The van der Waals surface area contributed by atoms with Crippen LogP contribution in [0.4, 0.5) is 4.39 Å². The zero-order valence-electron chi connectivity index (χ0n) is 8.87. The minimum absolute atomic E-state index is 0.0117. The number of aliphatic hydroxyl groups is 1. The van der Waals surface area contributed by atoms with Gasteiger partial charge in [0.05, 0.1) is 18.6 Å². The third kappa shape index (κ3) is 2.58. The lowest BCUT2D eigenvalue weighted by atomic mass is 10.1. The topological polar surface area (TPSA) is 49.3 Å². The molecule has 1 amide bonds. The van der Waals surface area contributed by atoms with Crippen molar-refractivity contribution in [2.45, 2.75) is 24.8 Å². The van der Waals surface area contributed by atoms with Crippen LogP contribution in [0, 0.1) is 5.82 Å². The number of amides is 1. The van der Waals surface area contributed by atoms with Gasteiger partial charge in [0.2, 0.25) is 5.91 Å². The fourth-order valence-corrected chi connectivity index (χ4v) is 1.60. The highest BCUT2D eigenvalue weighted by atomic mass is 19.1. The third-order valence-electron chi connectivity index (χ3n) is 2.84. The summed E-state index contributed by atoms with van der Waals surface area (Å²) in [5.74, 6) is -0.434. The molecule has 0 heterocycles. The van der Waals surface area contributed by atoms with Gasteiger partial charge in [-0.25, -0.2) is 4.39 Å². The molecule has 0 bridgehead atoms. The summed E-state index contributed by atoms with van der Waals surface area (Å²) in [6.07, 6.45) is 1.89. The number of carbonyl (C=O) groups excluding carboxylic acids is 1. The highest BCUT2D eigenvalue weighted by molar-refractivity contribution is 5.79. The van der Waals surface area contributed by atoms with Gasteiger partial charge in [-0.05, 0) is 30.5 Å². The van der Waals surface area contributed by atoms with Gasteiger partial charge >= 0.3 is 0 Å². The van der Waals surface area contributed by atoms with Crippen molar-refractivity contribution in [2.75, 3.05) is 6.61 Å². The number of rotatable bonds is 4. The zero-order chi connectivity index (χ0) is 11.6. The lowest BCUT2D eigenvalue weighted by Gasteiger charge is -2.14. The molecule has 1 aromatic carbocycles. The van der Waals surface area contributed by atoms with E-state index < -0.39 is 0 Å². The van der Waals surface area contributed by atoms with E-state index in [4.69, 9.17) is 5.11 Å². The van der Waals surface area contributed by atoms with E-state index >= 15 is 0 Å². The Balaban J connectivity index is 1.90. The second-order valence-corrected chi connectivity index (χ2v) is 4.29. The van der Waals surface area contributed by atoms with Crippen molar-refractivity contribution in [2.24, 2.45) is 0 Å². The molecule has 2 N–H and O–H groups in total. The van der Waals surface area contributed by atoms with Crippen molar-refractivity contribution in [1.29, 1.82) is 0 Å². The zero-order valence-corrected chi connectivity index (χ0v) is 8.87. The Morgan fingerprint density at radius 2 is 2.00 bits per heavy atom. The first-order valence-electron chi connectivity index (χ1n) is 5.30. The average molecular weight is 223 g/mol. The van der Waals surface area contributed by atoms with Crippen molar-refractivity contribution in [3.63, 3.8) is 0 Å². The van der Waals surface area contributed by atoms with E-state index in [1.165, 1.54) is 12.1 Å². The quantitative estimate of drug-likeness (QED) is 0.800. The number of benzene rings is 1. The number of hydrogen-bond acceptors (Lipinski definition) is 2. The Bertz CT molecular complexity index is 385. The van der Waals surface area contributed by atoms with E-state index in [0.717, 1.165) is 18.4 Å². The summed E-state index contributed by atoms with van der Waals surface area (Å²) in [5.41, 5.74) is 0.393. The van der Waals surface area contributed by atoms with Crippen LogP contribution >= 0.6 is 0 Å². The first kappa shape index (κ1) is 11.1. The van der Waals surface area contributed by atoms with Gasteiger partial charge in [0.1, 0.15) is 5.82 Å². The van der Waals surface area contributed by atoms with Crippen LogP contribution in [0.3, 0.4) is 0 Å². The van der Waals surface area contributed by atoms with Crippen molar-refractivity contribution in [1.82, 2.24) is 5.32 Å². The largest absolute Gasteiger partial charge is 0.394 e. The Kier molecular flexibility index (Phi) is 2.92. The number of aliphatic hydroxyl groups excluding tert-OH is 1. The second-order valence-electron chi connectivity index (χ2n) is 4.29. The Labute approximate surface area is 93.3 Å². The standard InChI is InChI=1S/C12H14FNO2/c13-10-3-1-9(2-4-10)7-11(16)14-12(8-15)5-6-12/h1-4,15H,5-8H2,(H,14,16). The Morgan fingerprint density at radius 3 is 2.50 bits per heavy atom. The Morgan fingerprint density at radius 1 is 1.38 bits per heavy atom. The van der Waals surface area contributed by atoms with Crippen LogP contribution in [0.5, 0.6) is 0 Å². The molecule has 1 fully saturated rings. The van der Waals surface area contributed by atoms with Crippen molar-refractivity contribution in [3.05, 3.63) is 35.6 Å². The monoisotopic (exact) mass is 223 g/mol. The molecule has 86 valence electrons. The molecule has 0 aromatic heterocycles. The van der Waals surface area contributed by atoms with Crippen LogP contribution in [0.2, 0.25) is 0 Å². The van der Waals surface area contributed by atoms with Crippen LogP contribution < -0.4 is 5.32 Å². The maximum atomic E-state index is 12.6. The van der Waals surface area contributed by atoms with E-state index in [1.54, 1.807) is 12.1 Å². The highest BCUT2D eigenvalue weighted by Crippen LogP contribution is 2.34. The predicted octanol–water partition coefficient (Wildman–Crippen LogP) is 1.01. The predicted molar refractivity (Wildman–Crippen MR) is 57.3 cm³/mol. The van der Waals surface area contributed by atoms with Crippen molar-refractivity contribution in [3.8, 4) is 0 Å². The van der Waals surface area contributed by atoms with Crippen molar-refractivity contribution >= 4 is 5.91 Å². The molecule has 1 saturated carbocycles. The summed E-state index contributed by atoms with van der Waals surface area (Å²) in [5, 5.41) is 11.8. The molecule has 3 nitrogen and oxygen atoms in total. The normalized spacial score (nSPS) is 16.9. The Hall–Kier alpha value is -1.42. The van der Waals surface area contributed by atoms with Crippen LogP contribution in [0.1, 0.15) is 18.4 Å². The van der Waals surface area contributed by atoms with Crippen LogP contribution in [0.15, 0.2) is 24.3 Å². The van der Waals surface area contributed by atoms with Gasteiger partial charge in [-0.1, -0.05) is 12.1 Å². The van der Waals surface area contributed by atoms with Gasteiger partial charge in [0.25, 0.3) is 0 Å². The molecule has 2 rings (SSSR count). The number of carbonyl (C=O) groups is 1. The molecule has 0 spiro atoms. The van der Waals surface area contributed by atoms with Gasteiger partial charge in [0, 0.05) is 0 Å². The lowest BCUT2D eigenvalue weighted by Crippen LogP contribution is -2.40. The molecule has 0 aliphatic heterocycles. The van der Waals surface area contributed by atoms with Crippen molar-refractivity contribution < 1.29 is 14.3 Å². The molecule has 0 radical (unpaired) electrons. The maximum Gasteiger partial charge on any atom is 0.224 e. The molecule has 0 saturated heterocycles. The smallest absolute Gasteiger partial charge is 0.224 e. The maximum absolute atomic E-state index is 12.6. The van der Waals surface area contributed by atoms with Gasteiger partial charge in [0.15, 0.2) is 0 Å². The van der Waals surface area contributed by atoms with Gasteiger partial charge in [-0.3, -0.25) is 4.79 Å². The van der Waals surface area contributed by atoms with Crippen LogP contribution in [-0.4, -0.2) is 23.2 Å². The summed E-state index contributed by atoms with van der Waals surface area (Å²) in [6, 6.07) is 5.85. The molecule has 1 aliphatic carbocycles. The summed E-state index contributed by atoms with van der Waals surface area (Å²) in [7, 11) is 0. The molecular weight excluding hydrogens is 209 g/mol. The highest BCUT2D eigenvalue weighted by Gasteiger charge is 2.43. The molecule has 0 unspecified atom stereocenters. The fourth-order valence-electron chi connectivity index (χ4n) is 1.60. The molecule has 1 aromatic rings. The second kappa shape index (κ2) is 4.22. The first-order valence-corrected chi connectivity index (χ1v) is 5.30. The summed E-state index contributed by atoms with van der Waals surface area (Å²) in [4.78, 5) is 11.6. The van der Waals surface area contributed by atoms with Gasteiger partial charge in [-0.2, -0.15) is 0 Å². The molecule has 1 aliphatic rings. The average Bonchev–Trinajstić information content (AvgIpc) is 3.02. The summed E-state index contributed by atoms with van der Waals surface area (Å²) >= 11 is 0. The minimum Gasteiger partial charge on any atom is -0.394 e. The van der Waals surface area contributed by atoms with E-state index in [0.29, 0.717) is 0 Å². The number of halogens is 1. The number of hydrogen-bond donors (Lipinski definition) is 2. The van der Waals surface area contributed by atoms with E-state index in [2.05, 4.69) is 5.32 Å². The minimum atomic E-state index is -0.378. The van der Waals surface area contributed by atoms with E-state index in [-0.39, 0.29) is 30.3 Å². The van der Waals surface area contributed by atoms with E-state index in [1.807, 2.05) is 0 Å². The van der Waals surface area contributed by atoms with Crippen LogP contribution in [0.25, 0.3) is 0 Å². The third-order valence-corrected chi connectivity index (χ3v) is 2.84.